The lowest BCUT2D eigenvalue weighted by Crippen LogP contribution is -2.16. The molecule has 1 nitrogen and oxygen atoms in total. The standard InChI is InChI=1S/C13H22O/c1-12(2,3)9-11-10(7-8-14-11)13(4,5)6/h7-8H,9H2,1-6H3. The summed E-state index contributed by atoms with van der Waals surface area (Å²) in [5.41, 5.74) is 1.82. The first-order valence-corrected chi connectivity index (χ1v) is 5.27. The fourth-order valence-electron chi connectivity index (χ4n) is 1.63. The molecule has 0 aliphatic rings. The molecule has 14 heavy (non-hydrogen) atoms. The van der Waals surface area contributed by atoms with Crippen LogP contribution in [-0.2, 0) is 11.8 Å². The van der Waals surface area contributed by atoms with Gasteiger partial charge in [-0.2, -0.15) is 0 Å². The number of hydrogen-bond donors (Lipinski definition) is 0. The van der Waals surface area contributed by atoms with Gasteiger partial charge in [0, 0.05) is 6.42 Å². The summed E-state index contributed by atoms with van der Waals surface area (Å²) >= 11 is 0. The lowest BCUT2D eigenvalue weighted by Gasteiger charge is -2.22. The predicted octanol–water partition coefficient (Wildman–Crippen LogP) is 4.17. The molecular weight excluding hydrogens is 172 g/mol. The molecule has 0 atom stereocenters. The van der Waals surface area contributed by atoms with Gasteiger partial charge in [0.1, 0.15) is 5.76 Å². The van der Waals surface area contributed by atoms with Crippen molar-refractivity contribution in [3.8, 4) is 0 Å². The summed E-state index contributed by atoms with van der Waals surface area (Å²) in [7, 11) is 0. The fourth-order valence-corrected chi connectivity index (χ4v) is 1.63. The summed E-state index contributed by atoms with van der Waals surface area (Å²) in [6.07, 6.45) is 2.81. The second kappa shape index (κ2) is 3.45. The van der Waals surface area contributed by atoms with Gasteiger partial charge in [-0.3, -0.25) is 0 Å². The highest BCUT2D eigenvalue weighted by molar-refractivity contribution is 5.25. The van der Waals surface area contributed by atoms with Gasteiger partial charge in [0.2, 0.25) is 0 Å². The van der Waals surface area contributed by atoms with Gasteiger partial charge in [-0.1, -0.05) is 41.5 Å². The Balaban J connectivity index is 2.95. The first kappa shape index (κ1) is 11.4. The van der Waals surface area contributed by atoms with Gasteiger partial charge < -0.3 is 4.42 Å². The maximum absolute atomic E-state index is 5.57. The average Bonchev–Trinajstić information content (AvgIpc) is 2.29. The monoisotopic (exact) mass is 194 g/mol. The third-order valence-corrected chi connectivity index (χ3v) is 2.24. The van der Waals surface area contributed by atoms with E-state index in [0.717, 1.165) is 12.2 Å². The van der Waals surface area contributed by atoms with Gasteiger partial charge in [-0.05, 0) is 22.5 Å². The zero-order chi connectivity index (χ0) is 11.0. The van der Waals surface area contributed by atoms with Crippen LogP contribution in [0.4, 0.5) is 0 Å². The van der Waals surface area contributed by atoms with Crippen LogP contribution in [0.3, 0.4) is 0 Å². The Hall–Kier alpha value is -0.720. The summed E-state index contributed by atoms with van der Waals surface area (Å²) in [6, 6.07) is 2.10. The van der Waals surface area contributed by atoms with Crippen LogP contribution >= 0.6 is 0 Å². The second-order valence-electron chi connectivity index (χ2n) is 6.24. The number of furan rings is 1. The first-order valence-electron chi connectivity index (χ1n) is 5.27. The van der Waals surface area contributed by atoms with Crippen molar-refractivity contribution >= 4 is 0 Å². The van der Waals surface area contributed by atoms with E-state index in [1.54, 1.807) is 0 Å². The highest BCUT2D eigenvalue weighted by atomic mass is 16.3. The zero-order valence-electron chi connectivity index (χ0n) is 10.3. The van der Waals surface area contributed by atoms with Crippen LogP contribution in [0.5, 0.6) is 0 Å². The maximum Gasteiger partial charge on any atom is 0.107 e. The molecule has 0 aliphatic carbocycles. The van der Waals surface area contributed by atoms with Crippen LogP contribution in [0, 0.1) is 5.41 Å². The maximum atomic E-state index is 5.57. The Kier molecular flexibility index (Phi) is 2.80. The average molecular weight is 194 g/mol. The van der Waals surface area contributed by atoms with Crippen molar-refractivity contribution in [2.24, 2.45) is 5.41 Å². The summed E-state index contributed by atoms with van der Waals surface area (Å²) in [6.45, 7) is 13.4. The fraction of sp³-hybridized carbons (Fsp3) is 0.692. The molecule has 1 aromatic rings. The molecule has 0 aliphatic heterocycles. The molecule has 0 fully saturated rings. The minimum atomic E-state index is 0.188. The molecule has 0 saturated carbocycles. The van der Waals surface area contributed by atoms with E-state index in [1.807, 2.05) is 6.26 Å². The quantitative estimate of drug-likeness (QED) is 0.654. The Morgan fingerprint density at radius 1 is 1.07 bits per heavy atom. The van der Waals surface area contributed by atoms with Gasteiger partial charge in [-0.15, -0.1) is 0 Å². The van der Waals surface area contributed by atoms with Gasteiger partial charge in [-0.25, -0.2) is 0 Å². The second-order valence-corrected chi connectivity index (χ2v) is 6.24. The van der Waals surface area contributed by atoms with Crippen molar-refractivity contribution in [2.75, 3.05) is 0 Å². The molecule has 0 aromatic carbocycles. The SMILES string of the molecule is CC(C)(C)Cc1occc1C(C)(C)C. The first-order chi connectivity index (χ1) is 6.20. The molecule has 1 heterocycles. The Labute approximate surface area is 87.5 Å². The Morgan fingerprint density at radius 2 is 1.64 bits per heavy atom. The zero-order valence-corrected chi connectivity index (χ0v) is 10.3. The third-order valence-electron chi connectivity index (χ3n) is 2.24. The molecule has 0 saturated heterocycles. The summed E-state index contributed by atoms with van der Waals surface area (Å²) in [5, 5.41) is 0. The molecule has 0 spiro atoms. The van der Waals surface area contributed by atoms with E-state index in [0.29, 0.717) is 0 Å². The van der Waals surface area contributed by atoms with Crippen molar-refractivity contribution in [3.05, 3.63) is 23.7 Å². The van der Waals surface area contributed by atoms with E-state index in [-0.39, 0.29) is 10.8 Å². The minimum absolute atomic E-state index is 0.188. The highest BCUT2D eigenvalue weighted by Crippen LogP contribution is 2.31. The van der Waals surface area contributed by atoms with Crippen molar-refractivity contribution < 1.29 is 4.42 Å². The molecule has 1 rings (SSSR count). The van der Waals surface area contributed by atoms with Crippen molar-refractivity contribution in [1.82, 2.24) is 0 Å². The third kappa shape index (κ3) is 2.90. The van der Waals surface area contributed by atoms with Gasteiger partial charge in [0.05, 0.1) is 6.26 Å². The van der Waals surface area contributed by atoms with Crippen LogP contribution in [0.2, 0.25) is 0 Å². The predicted molar refractivity (Wildman–Crippen MR) is 60.6 cm³/mol. The molecule has 0 radical (unpaired) electrons. The molecule has 1 aromatic heterocycles. The topological polar surface area (TPSA) is 13.1 Å². The van der Waals surface area contributed by atoms with E-state index >= 15 is 0 Å². The summed E-state index contributed by atoms with van der Waals surface area (Å²) in [4.78, 5) is 0. The summed E-state index contributed by atoms with van der Waals surface area (Å²) in [5.74, 6) is 1.14. The van der Waals surface area contributed by atoms with Gasteiger partial charge >= 0.3 is 0 Å². The van der Waals surface area contributed by atoms with Gasteiger partial charge in [0.15, 0.2) is 0 Å². The molecule has 0 amide bonds. The highest BCUT2D eigenvalue weighted by Gasteiger charge is 2.23. The lowest BCUT2D eigenvalue weighted by atomic mass is 9.82. The molecule has 80 valence electrons. The molecular formula is C13H22O. The van der Waals surface area contributed by atoms with E-state index in [2.05, 4.69) is 47.6 Å². The largest absolute Gasteiger partial charge is 0.469 e. The number of hydrogen-bond acceptors (Lipinski definition) is 1. The molecule has 1 heteroatoms. The van der Waals surface area contributed by atoms with E-state index in [9.17, 15) is 0 Å². The van der Waals surface area contributed by atoms with Crippen LogP contribution in [0.1, 0.15) is 52.9 Å². The summed E-state index contributed by atoms with van der Waals surface area (Å²) < 4.78 is 5.57. The van der Waals surface area contributed by atoms with Crippen LogP contribution < -0.4 is 0 Å². The van der Waals surface area contributed by atoms with Crippen molar-refractivity contribution in [2.45, 2.75) is 53.4 Å². The minimum Gasteiger partial charge on any atom is -0.469 e. The molecule has 0 N–H and O–H groups in total. The van der Waals surface area contributed by atoms with Crippen molar-refractivity contribution in [3.63, 3.8) is 0 Å². The Bertz CT molecular complexity index is 294. The van der Waals surface area contributed by atoms with Crippen molar-refractivity contribution in [1.29, 1.82) is 0 Å². The lowest BCUT2D eigenvalue weighted by molar-refractivity contribution is 0.355. The smallest absolute Gasteiger partial charge is 0.107 e. The van der Waals surface area contributed by atoms with E-state index < -0.39 is 0 Å². The molecule has 0 unspecified atom stereocenters. The van der Waals surface area contributed by atoms with E-state index in [1.165, 1.54) is 5.56 Å². The van der Waals surface area contributed by atoms with Crippen LogP contribution in [0.25, 0.3) is 0 Å². The Morgan fingerprint density at radius 3 is 2.07 bits per heavy atom. The van der Waals surface area contributed by atoms with Crippen LogP contribution in [0.15, 0.2) is 16.7 Å². The van der Waals surface area contributed by atoms with E-state index in [4.69, 9.17) is 4.42 Å². The van der Waals surface area contributed by atoms with Gasteiger partial charge in [0.25, 0.3) is 0 Å². The number of rotatable bonds is 1. The molecule has 0 bridgehead atoms. The normalized spacial score (nSPS) is 13.3. The van der Waals surface area contributed by atoms with Crippen LogP contribution in [-0.4, -0.2) is 0 Å².